The van der Waals surface area contributed by atoms with Crippen LogP contribution in [-0.4, -0.2) is 18.8 Å². The SMILES string of the molecule is COc1ccc(CNC(C)(C)C)c(OC2CCCC2)c1. The molecule has 1 N–H and O–H groups in total. The van der Waals surface area contributed by atoms with Gasteiger partial charge in [0.25, 0.3) is 0 Å². The summed E-state index contributed by atoms with van der Waals surface area (Å²) < 4.78 is 11.5. The first-order valence-electron chi connectivity index (χ1n) is 7.56. The standard InChI is InChI=1S/C17H27NO2/c1-17(2,3)18-12-13-9-10-15(19-4)11-16(13)20-14-7-5-6-8-14/h9-11,14,18H,5-8,12H2,1-4H3. The van der Waals surface area contributed by atoms with Crippen molar-refractivity contribution in [2.24, 2.45) is 0 Å². The molecule has 0 unspecified atom stereocenters. The molecule has 112 valence electrons. The van der Waals surface area contributed by atoms with E-state index in [1.54, 1.807) is 7.11 Å². The molecule has 1 aromatic rings. The Morgan fingerprint density at radius 1 is 1.20 bits per heavy atom. The van der Waals surface area contributed by atoms with Gasteiger partial charge in [-0.05, 0) is 52.5 Å². The van der Waals surface area contributed by atoms with Crippen molar-refractivity contribution < 1.29 is 9.47 Å². The highest BCUT2D eigenvalue weighted by molar-refractivity contribution is 5.41. The average Bonchev–Trinajstić information content (AvgIpc) is 2.89. The van der Waals surface area contributed by atoms with Gasteiger partial charge in [0.15, 0.2) is 0 Å². The van der Waals surface area contributed by atoms with E-state index in [1.807, 2.05) is 12.1 Å². The van der Waals surface area contributed by atoms with E-state index in [-0.39, 0.29) is 5.54 Å². The molecule has 1 aliphatic rings. The topological polar surface area (TPSA) is 30.5 Å². The fourth-order valence-electron chi connectivity index (χ4n) is 2.46. The number of hydrogen-bond donors (Lipinski definition) is 1. The summed E-state index contributed by atoms with van der Waals surface area (Å²) >= 11 is 0. The lowest BCUT2D eigenvalue weighted by Crippen LogP contribution is -2.35. The van der Waals surface area contributed by atoms with Gasteiger partial charge in [0.1, 0.15) is 11.5 Å². The Hall–Kier alpha value is -1.22. The van der Waals surface area contributed by atoms with Crippen LogP contribution in [0.2, 0.25) is 0 Å². The minimum atomic E-state index is 0.102. The van der Waals surface area contributed by atoms with Gasteiger partial charge >= 0.3 is 0 Å². The summed E-state index contributed by atoms with van der Waals surface area (Å²) in [4.78, 5) is 0. The Labute approximate surface area is 122 Å². The van der Waals surface area contributed by atoms with Gasteiger partial charge in [-0.1, -0.05) is 6.07 Å². The van der Waals surface area contributed by atoms with Gasteiger partial charge in [0.05, 0.1) is 13.2 Å². The number of benzene rings is 1. The van der Waals surface area contributed by atoms with Crippen molar-refractivity contribution in [3.63, 3.8) is 0 Å². The van der Waals surface area contributed by atoms with Crippen LogP contribution in [0.3, 0.4) is 0 Å². The summed E-state index contributed by atoms with van der Waals surface area (Å²) in [6.45, 7) is 7.34. The van der Waals surface area contributed by atoms with Crippen LogP contribution in [0.4, 0.5) is 0 Å². The highest BCUT2D eigenvalue weighted by atomic mass is 16.5. The first-order chi connectivity index (χ1) is 9.48. The number of nitrogens with one attached hydrogen (secondary N) is 1. The molecule has 0 atom stereocenters. The fraction of sp³-hybridized carbons (Fsp3) is 0.647. The van der Waals surface area contributed by atoms with Crippen LogP contribution < -0.4 is 14.8 Å². The minimum absolute atomic E-state index is 0.102. The third-order valence-corrected chi connectivity index (χ3v) is 3.68. The van der Waals surface area contributed by atoms with Gasteiger partial charge in [0, 0.05) is 23.7 Å². The fourth-order valence-corrected chi connectivity index (χ4v) is 2.46. The van der Waals surface area contributed by atoms with E-state index < -0.39 is 0 Å². The second-order valence-corrected chi connectivity index (χ2v) is 6.60. The first kappa shape index (κ1) is 15.2. The largest absolute Gasteiger partial charge is 0.497 e. The lowest BCUT2D eigenvalue weighted by atomic mass is 10.1. The van der Waals surface area contributed by atoms with E-state index in [2.05, 4.69) is 32.2 Å². The molecule has 3 nitrogen and oxygen atoms in total. The Morgan fingerprint density at radius 2 is 1.90 bits per heavy atom. The molecular formula is C17H27NO2. The molecule has 0 spiro atoms. The van der Waals surface area contributed by atoms with E-state index >= 15 is 0 Å². The van der Waals surface area contributed by atoms with Crippen molar-refractivity contribution >= 4 is 0 Å². The van der Waals surface area contributed by atoms with E-state index in [9.17, 15) is 0 Å². The van der Waals surface area contributed by atoms with Gasteiger partial charge in [-0.25, -0.2) is 0 Å². The molecule has 0 aliphatic heterocycles. The quantitative estimate of drug-likeness (QED) is 0.885. The monoisotopic (exact) mass is 277 g/mol. The molecule has 0 bridgehead atoms. The maximum atomic E-state index is 6.19. The molecule has 0 radical (unpaired) electrons. The molecule has 0 saturated heterocycles. The molecule has 2 rings (SSSR count). The van der Waals surface area contributed by atoms with Crippen LogP contribution in [0, 0.1) is 0 Å². The lowest BCUT2D eigenvalue weighted by molar-refractivity contribution is 0.206. The second kappa shape index (κ2) is 6.49. The number of methoxy groups -OCH3 is 1. The van der Waals surface area contributed by atoms with Crippen molar-refractivity contribution in [3.8, 4) is 11.5 Å². The van der Waals surface area contributed by atoms with Crippen LogP contribution in [0.15, 0.2) is 18.2 Å². The third-order valence-electron chi connectivity index (χ3n) is 3.68. The first-order valence-corrected chi connectivity index (χ1v) is 7.56. The third kappa shape index (κ3) is 4.41. The summed E-state index contributed by atoms with van der Waals surface area (Å²) in [5, 5.41) is 3.52. The van der Waals surface area contributed by atoms with Gasteiger partial charge < -0.3 is 14.8 Å². The van der Waals surface area contributed by atoms with E-state index in [0.29, 0.717) is 6.10 Å². The molecule has 1 saturated carbocycles. The molecule has 20 heavy (non-hydrogen) atoms. The zero-order valence-corrected chi connectivity index (χ0v) is 13.2. The highest BCUT2D eigenvalue weighted by Crippen LogP contribution is 2.30. The molecular weight excluding hydrogens is 250 g/mol. The maximum Gasteiger partial charge on any atom is 0.127 e. The Bertz CT molecular complexity index is 431. The van der Waals surface area contributed by atoms with Crippen LogP contribution in [-0.2, 0) is 6.54 Å². The van der Waals surface area contributed by atoms with Crippen molar-refractivity contribution in [2.75, 3.05) is 7.11 Å². The van der Waals surface area contributed by atoms with Gasteiger partial charge in [-0.15, -0.1) is 0 Å². The number of ether oxygens (including phenoxy) is 2. The molecule has 1 aromatic carbocycles. The molecule has 1 fully saturated rings. The zero-order chi connectivity index (χ0) is 14.6. The predicted octanol–water partition coefficient (Wildman–Crippen LogP) is 3.90. The Balaban J connectivity index is 2.11. The smallest absolute Gasteiger partial charge is 0.127 e. The van der Waals surface area contributed by atoms with E-state index in [1.165, 1.54) is 31.2 Å². The normalized spacial score (nSPS) is 16.4. The predicted molar refractivity (Wildman–Crippen MR) is 82.5 cm³/mol. The van der Waals surface area contributed by atoms with E-state index in [4.69, 9.17) is 9.47 Å². The van der Waals surface area contributed by atoms with Crippen LogP contribution in [0.1, 0.15) is 52.0 Å². The Morgan fingerprint density at radius 3 is 2.50 bits per heavy atom. The van der Waals surface area contributed by atoms with Crippen LogP contribution in [0.25, 0.3) is 0 Å². The van der Waals surface area contributed by atoms with Crippen molar-refractivity contribution in [3.05, 3.63) is 23.8 Å². The summed E-state index contributed by atoms with van der Waals surface area (Å²) in [5.74, 6) is 1.82. The zero-order valence-electron chi connectivity index (χ0n) is 13.2. The molecule has 3 heteroatoms. The Kier molecular flexibility index (Phi) is 4.92. The number of rotatable bonds is 5. The maximum absolute atomic E-state index is 6.19. The van der Waals surface area contributed by atoms with Crippen molar-refractivity contribution in [1.29, 1.82) is 0 Å². The molecule has 0 aromatic heterocycles. The van der Waals surface area contributed by atoms with Crippen molar-refractivity contribution in [1.82, 2.24) is 5.32 Å². The summed E-state index contributed by atoms with van der Waals surface area (Å²) in [5.41, 5.74) is 1.30. The van der Waals surface area contributed by atoms with Gasteiger partial charge in [0.2, 0.25) is 0 Å². The van der Waals surface area contributed by atoms with Gasteiger partial charge in [-0.3, -0.25) is 0 Å². The minimum Gasteiger partial charge on any atom is -0.497 e. The van der Waals surface area contributed by atoms with E-state index in [0.717, 1.165) is 18.0 Å². The molecule has 0 amide bonds. The summed E-state index contributed by atoms with van der Waals surface area (Å²) in [7, 11) is 1.70. The second-order valence-electron chi connectivity index (χ2n) is 6.60. The summed E-state index contributed by atoms with van der Waals surface area (Å²) in [6.07, 6.45) is 5.27. The lowest BCUT2D eigenvalue weighted by Gasteiger charge is -2.23. The molecule has 0 heterocycles. The molecule has 1 aliphatic carbocycles. The van der Waals surface area contributed by atoms with Crippen LogP contribution >= 0.6 is 0 Å². The van der Waals surface area contributed by atoms with Gasteiger partial charge in [-0.2, -0.15) is 0 Å². The average molecular weight is 277 g/mol. The number of hydrogen-bond acceptors (Lipinski definition) is 3. The van der Waals surface area contributed by atoms with Crippen LogP contribution in [0.5, 0.6) is 11.5 Å². The highest BCUT2D eigenvalue weighted by Gasteiger charge is 2.19. The summed E-state index contributed by atoms with van der Waals surface area (Å²) in [6, 6.07) is 6.11. The van der Waals surface area contributed by atoms with Crippen molar-refractivity contribution in [2.45, 2.75) is 64.6 Å².